The van der Waals surface area contributed by atoms with Crippen LogP contribution in [0.2, 0.25) is 0 Å². The molecule has 0 saturated heterocycles. The molecule has 1 saturated carbocycles. The first-order valence-electron chi connectivity index (χ1n) is 23.0. The Morgan fingerprint density at radius 3 is 2.48 bits per heavy atom. The molecule has 9 unspecified atom stereocenters. The first kappa shape index (κ1) is 46.8. The number of carbonyl (C=O) groups is 1. The van der Waals surface area contributed by atoms with E-state index in [1.54, 1.807) is 12.3 Å². The number of hydrogen-bond donors (Lipinski definition) is 8. The van der Waals surface area contributed by atoms with Crippen molar-refractivity contribution in [2.45, 2.75) is 121 Å². The summed E-state index contributed by atoms with van der Waals surface area (Å²) in [5, 5.41) is 72.2. The van der Waals surface area contributed by atoms with Crippen LogP contribution in [0.3, 0.4) is 0 Å². The van der Waals surface area contributed by atoms with Crippen molar-refractivity contribution in [1.82, 2.24) is 15.3 Å². The van der Waals surface area contributed by atoms with E-state index in [9.17, 15) is 35.4 Å². The molecule has 0 aliphatic heterocycles. The predicted octanol–water partition coefficient (Wildman–Crippen LogP) is 8.02. The molecule has 2 aromatic carbocycles. The number of benzene rings is 2. The molecule has 0 spiro atoms. The van der Waals surface area contributed by atoms with E-state index < -0.39 is 29.5 Å². The van der Waals surface area contributed by atoms with E-state index >= 15 is 0 Å². The van der Waals surface area contributed by atoms with Gasteiger partial charge in [0, 0.05) is 41.4 Å². The average molecular weight is 850 g/mol. The highest BCUT2D eigenvalue weighted by Crippen LogP contribution is 2.49. The van der Waals surface area contributed by atoms with E-state index in [0.717, 1.165) is 54.5 Å². The number of H-pyrrole nitrogens is 1. The largest absolute Gasteiger partial charge is 0.872 e. The third-order valence-electron chi connectivity index (χ3n) is 13.8. The number of pyridine rings is 1. The Hall–Kier alpha value is -4.68. The van der Waals surface area contributed by atoms with Crippen LogP contribution in [-0.4, -0.2) is 72.9 Å². The van der Waals surface area contributed by atoms with E-state index in [-0.39, 0.29) is 41.8 Å². The number of unbranched alkanes of at least 4 members (excludes halogenated alkanes) is 4. The van der Waals surface area contributed by atoms with E-state index in [4.69, 9.17) is 5.73 Å². The van der Waals surface area contributed by atoms with Gasteiger partial charge in [-0.05, 0) is 124 Å². The zero-order valence-electron chi connectivity index (χ0n) is 36.6. The van der Waals surface area contributed by atoms with Crippen LogP contribution >= 0.6 is 0 Å². The minimum Gasteiger partial charge on any atom is -0.872 e. The lowest BCUT2D eigenvalue weighted by molar-refractivity contribution is -0.268. The maximum atomic E-state index is 13.1. The Morgan fingerprint density at radius 2 is 1.77 bits per heavy atom. The normalized spacial score (nSPS) is 23.9. The van der Waals surface area contributed by atoms with Crippen molar-refractivity contribution in [2.75, 3.05) is 19.3 Å². The molecule has 2 aliphatic rings. The number of anilines is 1. The summed E-state index contributed by atoms with van der Waals surface area (Å²) < 4.78 is 0. The van der Waals surface area contributed by atoms with Crippen LogP contribution in [0.15, 0.2) is 85.1 Å². The van der Waals surface area contributed by atoms with Crippen molar-refractivity contribution >= 4 is 11.8 Å². The number of aromatic hydroxyl groups is 1. The van der Waals surface area contributed by atoms with Gasteiger partial charge in [-0.25, -0.2) is 4.98 Å². The van der Waals surface area contributed by atoms with Crippen LogP contribution < -0.4 is 16.2 Å². The van der Waals surface area contributed by atoms with Crippen LogP contribution in [0.1, 0.15) is 102 Å². The number of phenols is 1. The standard InChI is InChI=1S/C51H70N4O7/c1-3-4-7-12-33-17-18-37(46(58)23-33)15-10-6-11-16-44(50(60)61)47(59)28-40(32-53-2)51(62)31-35(21-34-19-20-54-48(52)24-34)22-39(51)27-41-29-45(36-13-8-5-9-14-36)49(55-41)38-25-42(56)30-43(57)26-38/h5,8-9,13-14,17-20,24-26,29-30,33,35,37,39-40,44,46-47,53,55-59,62H,3-4,6-7,10-12,15-16,21-23,27-28,31-32H2,1-2H3,(H2,52,54)(H,60,61)/p-1. The summed E-state index contributed by atoms with van der Waals surface area (Å²) in [6.07, 6.45) is 16.0. The Labute approximate surface area is 367 Å². The lowest BCUT2D eigenvalue weighted by Crippen LogP contribution is -2.48. The number of nitrogens with zero attached hydrogens (tertiary/aromatic N) is 1. The average Bonchev–Trinajstić information content (AvgIpc) is 3.80. The summed E-state index contributed by atoms with van der Waals surface area (Å²) in [5.41, 5.74) is 9.69. The van der Waals surface area contributed by atoms with Gasteiger partial charge in [0.25, 0.3) is 0 Å². The second-order valence-electron chi connectivity index (χ2n) is 18.4. The fourth-order valence-corrected chi connectivity index (χ4v) is 10.6. The Morgan fingerprint density at radius 1 is 0.984 bits per heavy atom. The minimum atomic E-state index is -1.27. The van der Waals surface area contributed by atoms with Gasteiger partial charge in [-0.15, -0.1) is 5.75 Å². The molecule has 336 valence electrons. The highest BCUT2D eigenvalue weighted by atomic mass is 16.4. The van der Waals surface area contributed by atoms with Crippen LogP contribution in [0.5, 0.6) is 11.5 Å². The van der Waals surface area contributed by atoms with E-state index in [2.05, 4.69) is 40.4 Å². The molecular weight excluding hydrogens is 781 g/mol. The first-order chi connectivity index (χ1) is 29.9. The summed E-state index contributed by atoms with van der Waals surface area (Å²) >= 11 is 0. The fourth-order valence-electron chi connectivity index (χ4n) is 10.6. The van der Waals surface area contributed by atoms with Crippen molar-refractivity contribution in [3.8, 4) is 33.9 Å². The third-order valence-corrected chi connectivity index (χ3v) is 13.8. The summed E-state index contributed by atoms with van der Waals surface area (Å²) in [7, 11) is 1.81. The van der Waals surface area contributed by atoms with Gasteiger partial charge in [0.1, 0.15) is 11.6 Å². The number of carboxylic acids is 1. The monoisotopic (exact) mass is 850 g/mol. The highest BCUT2D eigenvalue weighted by Gasteiger charge is 2.51. The van der Waals surface area contributed by atoms with Crippen molar-refractivity contribution in [1.29, 1.82) is 0 Å². The SMILES string of the molecule is CCCCCC1C=CC(CCCCCC(C(=O)O)C(O)CC(CNC)C2(O)CC(Cc3ccnc(N)c3)CC2Cc2cc(-c3ccccc3)c(-c3cc([O-])cc(O)c3)[nH]2)C(O)C1. The summed E-state index contributed by atoms with van der Waals surface area (Å²) in [6, 6.07) is 19.9. The molecule has 0 bridgehead atoms. The van der Waals surface area contributed by atoms with Gasteiger partial charge >= 0.3 is 5.97 Å². The molecule has 9 atom stereocenters. The minimum absolute atomic E-state index is 0.0696. The van der Waals surface area contributed by atoms with Gasteiger partial charge in [0.05, 0.1) is 29.4 Å². The predicted molar refractivity (Wildman–Crippen MR) is 243 cm³/mol. The highest BCUT2D eigenvalue weighted by molar-refractivity contribution is 5.83. The summed E-state index contributed by atoms with van der Waals surface area (Å²) in [5.74, 6) is -2.12. The molecule has 62 heavy (non-hydrogen) atoms. The first-order valence-corrected chi connectivity index (χ1v) is 23.0. The Bertz CT molecular complexity index is 2030. The summed E-state index contributed by atoms with van der Waals surface area (Å²) in [4.78, 5) is 20.4. The molecule has 1 fully saturated rings. The topological polar surface area (TPSA) is 208 Å². The molecule has 2 aliphatic carbocycles. The molecule has 2 aromatic heterocycles. The molecular formula is C51H69N4O7-. The second kappa shape index (κ2) is 22.1. The maximum Gasteiger partial charge on any atom is 0.309 e. The molecule has 9 N–H and O–H groups in total. The number of aromatic amines is 1. The summed E-state index contributed by atoms with van der Waals surface area (Å²) in [6.45, 7) is 2.58. The van der Waals surface area contributed by atoms with Gasteiger partial charge in [-0.3, -0.25) is 4.79 Å². The zero-order chi connectivity index (χ0) is 44.2. The van der Waals surface area contributed by atoms with Crippen molar-refractivity contribution in [2.24, 2.45) is 35.5 Å². The van der Waals surface area contributed by atoms with E-state index in [1.165, 1.54) is 31.4 Å². The number of rotatable bonds is 23. The number of aliphatic hydroxyl groups excluding tert-OH is 2. The van der Waals surface area contributed by atoms with Gasteiger partial charge in [0.15, 0.2) is 0 Å². The maximum absolute atomic E-state index is 13.1. The van der Waals surface area contributed by atoms with Gasteiger partial charge < -0.3 is 46.7 Å². The van der Waals surface area contributed by atoms with E-state index in [1.807, 2.05) is 49.5 Å². The lowest BCUT2D eigenvalue weighted by Gasteiger charge is -2.40. The van der Waals surface area contributed by atoms with Gasteiger partial charge in [0.2, 0.25) is 0 Å². The van der Waals surface area contributed by atoms with Crippen LogP contribution in [0, 0.1) is 35.5 Å². The Balaban J connectivity index is 1.18. The number of aliphatic hydroxyl groups is 3. The fraction of sp³-hybridized carbons (Fsp3) is 0.529. The number of nitrogen functional groups attached to an aromatic ring is 1. The second-order valence-corrected chi connectivity index (χ2v) is 18.4. The van der Waals surface area contributed by atoms with E-state index in [0.29, 0.717) is 68.1 Å². The number of nitrogens with one attached hydrogen (secondary N) is 2. The number of hydrogen-bond acceptors (Lipinski definition) is 9. The number of carboxylic acid groups (broad SMARTS) is 1. The quantitative estimate of drug-likeness (QED) is 0.0266. The molecule has 4 aromatic rings. The molecule has 11 nitrogen and oxygen atoms in total. The number of phenolic OH excluding ortho intramolecular Hbond substituents is 1. The van der Waals surface area contributed by atoms with Crippen molar-refractivity contribution in [3.05, 3.63) is 96.3 Å². The van der Waals surface area contributed by atoms with Crippen LogP contribution in [0.4, 0.5) is 5.82 Å². The molecule has 2 heterocycles. The number of allylic oxidation sites excluding steroid dienone is 1. The number of nitrogens with two attached hydrogens (primary N) is 1. The van der Waals surface area contributed by atoms with Gasteiger partial charge in [-0.1, -0.05) is 94.0 Å². The van der Waals surface area contributed by atoms with Gasteiger partial charge in [-0.2, -0.15) is 0 Å². The van der Waals surface area contributed by atoms with Crippen molar-refractivity contribution < 1.29 is 35.4 Å². The molecule has 6 rings (SSSR count). The van der Waals surface area contributed by atoms with Crippen molar-refractivity contribution in [3.63, 3.8) is 0 Å². The molecule has 0 radical (unpaired) electrons. The van der Waals surface area contributed by atoms with Crippen LogP contribution in [0.25, 0.3) is 22.4 Å². The smallest absolute Gasteiger partial charge is 0.309 e. The van der Waals surface area contributed by atoms with Crippen LogP contribution in [-0.2, 0) is 17.6 Å². The number of aromatic nitrogens is 2. The number of aliphatic carboxylic acids is 1. The molecule has 0 amide bonds. The Kier molecular flexibility index (Phi) is 16.7. The third kappa shape index (κ3) is 12.3. The molecule has 11 heteroatoms. The zero-order valence-corrected chi connectivity index (χ0v) is 36.6. The lowest BCUT2D eigenvalue weighted by atomic mass is 9.73.